The standard InChI is InChI=1S/C20H22ClF2N3O/c1-12(2)18-24-10-13(21)17(26-18)19(27)25-11-20(8-3-4-9-20)16-14(22)6-5-7-15(16)23/h5-7,10,12H,3-4,8-9,11H2,1-2H3,(H,25,27). The third-order valence-corrected chi connectivity index (χ3v) is 5.41. The molecule has 144 valence electrons. The van der Waals surface area contributed by atoms with Crippen LogP contribution in [0.25, 0.3) is 0 Å². The molecule has 1 aliphatic rings. The third-order valence-electron chi connectivity index (χ3n) is 5.14. The molecule has 0 spiro atoms. The quantitative estimate of drug-likeness (QED) is 0.795. The highest BCUT2D eigenvalue weighted by Gasteiger charge is 2.40. The average Bonchev–Trinajstić information content (AvgIpc) is 3.09. The van der Waals surface area contributed by atoms with Gasteiger partial charge < -0.3 is 5.32 Å². The number of hydrogen-bond donors (Lipinski definition) is 1. The monoisotopic (exact) mass is 393 g/mol. The fourth-order valence-electron chi connectivity index (χ4n) is 3.72. The molecule has 1 aromatic carbocycles. The first kappa shape index (κ1) is 19.7. The van der Waals surface area contributed by atoms with Crippen LogP contribution >= 0.6 is 11.6 Å². The summed E-state index contributed by atoms with van der Waals surface area (Å²) in [5.74, 6) is -1.06. The van der Waals surface area contributed by atoms with Crippen molar-refractivity contribution in [1.82, 2.24) is 15.3 Å². The summed E-state index contributed by atoms with van der Waals surface area (Å²) in [6.45, 7) is 3.96. The summed E-state index contributed by atoms with van der Waals surface area (Å²) in [6, 6.07) is 3.87. The molecule has 0 atom stereocenters. The molecule has 4 nitrogen and oxygen atoms in total. The van der Waals surface area contributed by atoms with Crippen molar-refractivity contribution in [2.45, 2.75) is 50.9 Å². The first-order valence-electron chi connectivity index (χ1n) is 9.09. The minimum Gasteiger partial charge on any atom is -0.350 e. The molecule has 0 aliphatic heterocycles. The van der Waals surface area contributed by atoms with E-state index >= 15 is 0 Å². The van der Waals surface area contributed by atoms with E-state index in [4.69, 9.17) is 11.6 Å². The van der Waals surface area contributed by atoms with Gasteiger partial charge in [-0.25, -0.2) is 18.7 Å². The van der Waals surface area contributed by atoms with Gasteiger partial charge in [0.15, 0.2) is 0 Å². The van der Waals surface area contributed by atoms with E-state index in [1.165, 1.54) is 24.4 Å². The molecular formula is C20H22ClF2N3O. The van der Waals surface area contributed by atoms with E-state index in [2.05, 4.69) is 15.3 Å². The van der Waals surface area contributed by atoms with Crippen LogP contribution in [-0.2, 0) is 5.41 Å². The topological polar surface area (TPSA) is 54.9 Å². The summed E-state index contributed by atoms with van der Waals surface area (Å²) in [5.41, 5.74) is -0.622. The molecule has 3 rings (SSSR count). The Morgan fingerprint density at radius 3 is 2.48 bits per heavy atom. The first-order valence-corrected chi connectivity index (χ1v) is 9.47. The maximum atomic E-state index is 14.4. The highest BCUT2D eigenvalue weighted by molar-refractivity contribution is 6.33. The van der Waals surface area contributed by atoms with Crippen LogP contribution in [0.1, 0.15) is 67.3 Å². The fourth-order valence-corrected chi connectivity index (χ4v) is 3.90. The number of rotatable bonds is 5. The molecule has 0 radical (unpaired) electrons. The van der Waals surface area contributed by atoms with Crippen molar-refractivity contribution < 1.29 is 13.6 Å². The van der Waals surface area contributed by atoms with Gasteiger partial charge in [0.05, 0.1) is 11.2 Å². The molecule has 1 heterocycles. The van der Waals surface area contributed by atoms with Crippen molar-refractivity contribution in [3.05, 3.63) is 58.1 Å². The Morgan fingerprint density at radius 1 is 1.26 bits per heavy atom. The Morgan fingerprint density at radius 2 is 1.89 bits per heavy atom. The highest BCUT2D eigenvalue weighted by Crippen LogP contribution is 2.42. The zero-order valence-corrected chi connectivity index (χ0v) is 16.1. The second-order valence-corrected chi connectivity index (χ2v) is 7.75. The maximum absolute atomic E-state index is 14.4. The number of aromatic nitrogens is 2. The molecule has 1 aliphatic carbocycles. The second-order valence-electron chi connectivity index (χ2n) is 7.35. The van der Waals surface area contributed by atoms with Gasteiger partial charge in [-0.2, -0.15) is 0 Å². The number of hydrogen-bond acceptors (Lipinski definition) is 3. The van der Waals surface area contributed by atoms with Crippen molar-refractivity contribution >= 4 is 17.5 Å². The third kappa shape index (κ3) is 3.95. The van der Waals surface area contributed by atoms with Crippen molar-refractivity contribution in [2.24, 2.45) is 0 Å². The Hall–Kier alpha value is -2.08. The summed E-state index contributed by atoms with van der Waals surface area (Å²) in [6.07, 6.45) is 4.34. The number of carbonyl (C=O) groups is 1. The van der Waals surface area contributed by atoms with Crippen LogP contribution in [0.4, 0.5) is 8.78 Å². The van der Waals surface area contributed by atoms with Gasteiger partial charge in [0.1, 0.15) is 23.2 Å². The molecule has 1 amide bonds. The zero-order valence-electron chi connectivity index (χ0n) is 15.4. The van der Waals surface area contributed by atoms with Crippen molar-refractivity contribution in [3.63, 3.8) is 0 Å². The van der Waals surface area contributed by atoms with Crippen LogP contribution in [0.2, 0.25) is 5.02 Å². The van der Waals surface area contributed by atoms with Gasteiger partial charge in [-0.05, 0) is 25.0 Å². The Balaban J connectivity index is 1.86. The molecule has 0 bridgehead atoms. The minimum absolute atomic E-state index is 0.0440. The lowest BCUT2D eigenvalue weighted by molar-refractivity contribution is 0.0936. The summed E-state index contributed by atoms with van der Waals surface area (Å²) in [5, 5.41) is 2.94. The smallest absolute Gasteiger partial charge is 0.271 e. The normalized spacial score (nSPS) is 15.9. The molecule has 7 heteroatoms. The van der Waals surface area contributed by atoms with Crippen LogP contribution in [0.15, 0.2) is 24.4 Å². The van der Waals surface area contributed by atoms with Crippen LogP contribution in [-0.4, -0.2) is 22.4 Å². The number of nitrogens with one attached hydrogen (secondary N) is 1. The van der Waals surface area contributed by atoms with Gasteiger partial charge in [0.25, 0.3) is 5.91 Å². The molecule has 0 unspecified atom stereocenters. The summed E-state index contributed by atoms with van der Waals surface area (Å²) >= 11 is 6.09. The maximum Gasteiger partial charge on any atom is 0.271 e. The van der Waals surface area contributed by atoms with E-state index < -0.39 is 23.0 Å². The van der Waals surface area contributed by atoms with E-state index in [0.29, 0.717) is 18.7 Å². The van der Waals surface area contributed by atoms with E-state index in [0.717, 1.165) is 12.8 Å². The van der Waals surface area contributed by atoms with E-state index in [-0.39, 0.29) is 28.7 Å². The van der Waals surface area contributed by atoms with Gasteiger partial charge in [0.2, 0.25) is 0 Å². The largest absolute Gasteiger partial charge is 0.350 e. The summed E-state index contributed by atoms with van der Waals surface area (Å²) < 4.78 is 28.8. The molecule has 0 saturated heterocycles. The fraction of sp³-hybridized carbons (Fsp3) is 0.450. The van der Waals surface area contributed by atoms with E-state index in [1.807, 2.05) is 13.8 Å². The molecule has 1 saturated carbocycles. The molecule has 1 aromatic heterocycles. The van der Waals surface area contributed by atoms with Crippen LogP contribution in [0, 0.1) is 11.6 Å². The van der Waals surface area contributed by atoms with Gasteiger partial charge in [-0.1, -0.05) is 44.4 Å². The van der Waals surface area contributed by atoms with Gasteiger partial charge in [-0.3, -0.25) is 4.79 Å². The Kier molecular flexibility index (Phi) is 5.75. The van der Waals surface area contributed by atoms with E-state index in [1.54, 1.807) is 0 Å². The van der Waals surface area contributed by atoms with Crippen LogP contribution in [0.5, 0.6) is 0 Å². The minimum atomic E-state index is -0.758. The lowest BCUT2D eigenvalue weighted by Gasteiger charge is -2.30. The Bertz CT molecular complexity index is 831. The van der Waals surface area contributed by atoms with E-state index in [9.17, 15) is 13.6 Å². The SMILES string of the molecule is CC(C)c1ncc(Cl)c(C(=O)NCC2(c3c(F)cccc3F)CCCC2)n1. The summed E-state index contributed by atoms with van der Waals surface area (Å²) in [7, 11) is 0. The number of benzene rings is 1. The highest BCUT2D eigenvalue weighted by atomic mass is 35.5. The lowest BCUT2D eigenvalue weighted by atomic mass is 9.78. The predicted octanol–water partition coefficient (Wildman–Crippen LogP) is 4.77. The first-order chi connectivity index (χ1) is 12.8. The molecule has 1 fully saturated rings. The second kappa shape index (κ2) is 7.89. The van der Waals surface area contributed by atoms with Gasteiger partial charge in [-0.15, -0.1) is 0 Å². The molecule has 1 N–H and O–H groups in total. The molecule has 27 heavy (non-hydrogen) atoms. The lowest BCUT2D eigenvalue weighted by Crippen LogP contribution is -2.40. The number of halogens is 3. The van der Waals surface area contributed by atoms with Crippen molar-refractivity contribution in [1.29, 1.82) is 0 Å². The Labute approximate surface area is 162 Å². The predicted molar refractivity (Wildman–Crippen MR) is 100.0 cm³/mol. The number of carbonyl (C=O) groups excluding carboxylic acids is 1. The van der Waals surface area contributed by atoms with Crippen LogP contribution < -0.4 is 5.32 Å². The van der Waals surface area contributed by atoms with Gasteiger partial charge >= 0.3 is 0 Å². The van der Waals surface area contributed by atoms with Crippen LogP contribution in [0.3, 0.4) is 0 Å². The number of amides is 1. The molecule has 2 aromatic rings. The van der Waals surface area contributed by atoms with Crippen molar-refractivity contribution in [2.75, 3.05) is 6.54 Å². The molecular weight excluding hydrogens is 372 g/mol. The summed E-state index contributed by atoms with van der Waals surface area (Å²) in [4.78, 5) is 21.0. The number of nitrogens with zero attached hydrogens (tertiary/aromatic N) is 2. The average molecular weight is 394 g/mol. The van der Waals surface area contributed by atoms with Gasteiger partial charge in [0, 0.05) is 23.4 Å². The zero-order chi connectivity index (χ0) is 19.6. The van der Waals surface area contributed by atoms with Crippen molar-refractivity contribution in [3.8, 4) is 0 Å².